The zero-order valence-electron chi connectivity index (χ0n) is 11.3. The van der Waals surface area contributed by atoms with E-state index in [0.717, 1.165) is 39.0 Å². The van der Waals surface area contributed by atoms with Gasteiger partial charge in [-0.25, -0.2) is 0 Å². The third-order valence-electron chi connectivity index (χ3n) is 3.93. The number of carboxylic acids is 1. The maximum atomic E-state index is 12.2. The fourth-order valence-corrected chi connectivity index (χ4v) is 2.83. The van der Waals surface area contributed by atoms with E-state index in [4.69, 9.17) is 5.11 Å². The maximum Gasteiger partial charge on any atom is 0.317 e. The first-order chi connectivity index (χ1) is 9.15. The second-order valence-corrected chi connectivity index (χ2v) is 5.47. The quantitative estimate of drug-likeness (QED) is 0.727. The van der Waals surface area contributed by atoms with Gasteiger partial charge in [-0.05, 0) is 31.8 Å². The Hall–Kier alpha value is -1.14. The van der Waals surface area contributed by atoms with Gasteiger partial charge in [-0.2, -0.15) is 0 Å². The highest BCUT2D eigenvalue weighted by atomic mass is 16.4. The van der Waals surface area contributed by atoms with E-state index in [2.05, 4.69) is 5.32 Å². The summed E-state index contributed by atoms with van der Waals surface area (Å²) in [6.07, 6.45) is 2.58. The van der Waals surface area contributed by atoms with Gasteiger partial charge in [0.2, 0.25) is 5.91 Å². The molecule has 0 aromatic heterocycles. The number of rotatable bonds is 4. The summed E-state index contributed by atoms with van der Waals surface area (Å²) in [5.74, 6) is -0.0893. The lowest BCUT2D eigenvalue weighted by atomic mass is 10.0. The van der Waals surface area contributed by atoms with Crippen LogP contribution in [0.3, 0.4) is 0 Å². The Morgan fingerprint density at radius 1 is 1.21 bits per heavy atom. The zero-order chi connectivity index (χ0) is 13.7. The third kappa shape index (κ3) is 4.47. The number of aliphatic carboxylic acids is 1. The smallest absolute Gasteiger partial charge is 0.317 e. The third-order valence-corrected chi connectivity index (χ3v) is 3.93. The Kier molecular flexibility index (Phi) is 5.15. The molecule has 0 spiro atoms. The normalized spacial score (nSPS) is 25.3. The van der Waals surface area contributed by atoms with Gasteiger partial charge >= 0.3 is 5.97 Å². The molecule has 6 nitrogen and oxygen atoms in total. The van der Waals surface area contributed by atoms with Gasteiger partial charge in [-0.3, -0.25) is 14.5 Å². The molecule has 2 rings (SSSR count). The SMILES string of the molecule is O=C(O)CN1CCCN(C(=O)CC2CCNC2)CC1. The standard InChI is InChI=1S/C13H23N3O3/c17-12(8-11-2-3-14-9-11)16-5-1-4-15(6-7-16)10-13(18)19/h11,14H,1-10H2,(H,18,19). The number of amides is 1. The zero-order valence-corrected chi connectivity index (χ0v) is 11.3. The molecular weight excluding hydrogens is 246 g/mol. The Morgan fingerprint density at radius 2 is 2.05 bits per heavy atom. The monoisotopic (exact) mass is 269 g/mol. The molecule has 2 saturated heterocycles. The number of hydrogen-bond acceptors (Lipinski definition) is 4. The maximum absolute atomic E-state index is 12.2. The lowest BCUT2D eigenvalue weighted by Gasteiger charge is -2.22. The van der Waals surface area contributed by atoms with E-state index in [9.17, 15) is 9.59 Å². The van der Waals surface area contributed by atoms with E-state index in [1.165, 1.54) is 0 Å². The highest BCUT2D eigenvalue weighted by molar-refractivity contribution is 5.76. The molecule has 2 fully saturated rings. The Labute approximate surface area is 113 Å². The molecule has 0 aromatic carbocycles. The summed E-state index contributed by atoms with van der Waals surface area (Å²) >= 11 is 0. The van der Waals surface area contributed by atoms with Crippen LogP contribution in [0.4, 0.5) is 0 Å². The van der Waals surface area contributed by atoms with Crippen molar-refractivity contribution in [3.05, 3.63) is 0 Å². The molecule has 2 N–H and O–H groups in total. The van der Waals surface area contributed by atoms with Crippen molar-refractivity contribution in [1.29, 1.82) is 0 Å². The van der Waals surface area contributed by atoms with Gasteiger partial charge in [0.1, 0.15) is 0 Å². The highest BCUT2D eigenvalue weighted by Crippen LogP contribution is 2.15. The predicted molar refractivity (Wildman–Crippen MR) is 70.9 cm³/mol. The first-order valence-electron chi connectivity index (χ1n) is 7.08. The van der Waals surface area contributed by atoms with Crippen LogP contribution < -0.4 is 5.32 Å². The second-order valence-electron chi connectivity index (χ2n) is 5.47. The molecule has 0 aromatic rings. The van der Waals surface area contributed by atoms with Crippen molar-refractivity contribution in [3.8, 4) is 0 Å². The van der Waals surface area contributed by atoms with Crippen LogP contribution in [0.15, 0.2) is 0 Å². The van der Waals surface area contributed by atoms with E-state index in [1.54, 1.807) is 0 Å². The molecule has 2 heterocycles. The lowest BCUT2D eigenvalue weighted by Crippen LogP contribution is -2.37. The van der Waals surface area contributed by atoms with Crippen LogP contribution in [0.25, 0.3) is 0 Å². The minimum absolute atomic E-state index is 0.0780. The minimum atomic E-state index is -0.795. The molecule has 0 aliphatic carbocycles. The average Bonchev–Trinajstić information content (AvgIpc) is 2.74. The molecule has 1 unspecified atom stereocenters. The van der Waals surface area contributed by atoms with E-state index >= 15 is 0 Å². The summed E-state index contributed by atoms with van der Waals surface area (Å²) in [4.78, 5) is 26.7. The number of carboxylic acid groups (broad SMARTS) is 1. The van der Waals surface area contributed by atoms with Crippen molar-refractivity contribution >= 4 is 11.9 Å². The van der Waals surface area contributed by atoms with Gasteiger partial charge in [0, 0.05) is 32.6 Å². The largest absolute Gasteiger partial charge is 0.480 e. The van der Waals surface area contributed by atoms with E-state index in [1.807, 2.05) is 9.80 Å². The van der Waals surface area contributed by atoms with Gasteiger partial charge in [0.05, 0.1) is 6.54 Å². The van der Waals surface area contributed by atoms with Gasteiger partial charge in [0.25, 0.3) is 0 Å². The van der Waals surface area contributed by atoms with E-state index in [-0.39, 0.29) is 12.5 Å². The van der Waals surface area contributed by atoms with Crippen LogP contribution in [0.2, 0.25) is 0 Å². The fraction of sp³-hybridized carbons (Fsp3) is 0.846. The van der Waals surface area contributed by atoms with Crippen molar-refractivity contribution in [2.75, 3.05) is 45.8 Å². The molecule has 2 aliphatic rings. The minimum Gasteiger partial charge on any atom is -0.480 e. The summed E-state index contributed by atoms with van der Waals surface area (Å²) in [7, 11) is 0. The Bertz CT molecular complexity index is 329. The van der Waals surface area contributed by atoms with Gasteiger partial charge < -0.3 is 15.3 Å². The predicted octanol–water partition coefficient (Wildman–Crippen LogP) is -0.395. The molecule has 0 saturated carbocycles. The molecule has 0 bridgehead atoms. The van der Waals surface area contributed by atoms with E-state index in [0.29, 0.717) is 25.4 Å². The highest BCUT2D eigenvalue weighted by Gasteiger charge is 2.24. The summed E-state index contributed by atoms with van der Waals surface area (Å²) in [5.41, 5.74) is 0. The molecule has 0 radical (unpaired) electrons. The van der Waals surface area contributed by atoms with Crippen molar-refractivity contribution in [2.45, 2.75) is 19.3 Å². The first kappa shape index (κ1) is 14.3. The second kappa shape index (κ2) is 6.86. The van der Waals surface area contributed by atoms with Crippen LogP contribution in [-0.2, 0) is 9.59 Å². The van der Waals surface area contributed by atoms with Crippen LogP contribution in [0, 0.1) is 5.92 Å². The topological polar surface area (TPSA) is 72.9 Å². The number of carbonyl (C=O) groups is 2. The van der Waals surface area contributed by atoms with E-state index < -0.39 is 5.97 Å². The fourth-order valence-electron chi connectivity index (χ4n) is 2.83. The number of nitrogens with zero attached hydrogens (tertiary/aromatic N) is 2. The van der Waals surface area contributed by atoms with Crippen LogP contribution >= 0.6 is 0 Å². The van der Waals surface area contributed by atoms with Gasteiger partial charge in [-0.1, -0.05) is 0 Å². The van der Waals surface area contributed by atoms with Crippen molar-refractivity contribution < 1.29 is 14.7 Å². The molecule has 108 valence electrons. The summed E-state index contributed by atoms with van der Waals surface area (Å²) in [6.45, 7) is 4.90. The van der Waals surface area contributed by atoms with Crippen molar-refractivity contribution in [3.63, 3.8) is 0 Å². The molecule has 6 heteroatoms. The summed E-state index contributed by atoms with van der Waals surface area (Å²) < 4.78 is 0. The molecule has 1 amide bonds. The van der Waals surface area contributed by atoms with Crippen LogP contribution in [-0.4, -0.2) is 72.6 Å². The Morgan fingerprint density at radius 3 is 2.74 bits per heavy atom. The lowest BCUT2D eigenvalue weighted by molar-refractivity contribution is -0.138. The Balaban J connectivity index is 1.77. The summed E-state index contributed by atoms with van der Waals surface area (Å²) in [6, 6.07) is 0. The van der Waals surface area contributed by atoms with Gasteiger partial charge in [0.15, 0.2) is 0 Å². The van der Waals surface area contributed by atoms with Crippen LogP contribution in [0.1, 0.15) is 19.3 Å². The summed E-state index contributed by atoms with van der Waals surface area (Å²) in [5, 5.41) is 12.1. The number of hydrogen-bond donors (Lipinski definition) is 2. The molecule has 1 atom stereocenters. The van der Waals surface area contributed by atoms with Crippen LogP contribution in [0.5, 0.6) is 0 Å². The molecule has 2 aliphatic heterocycles. The van der Waals surface area contributed by atoms with Gasteiger partial charge in [-0.15, -0.1) is 0 Å². The van der Waals surface area contributed by atoms with Crippen molar-refractivity contribution in [1.82, 2.24) is 15.1 Å². The first-order valence-corrected chi connectivity index (χ1v) is 7.08. The average molecular weight is 269 g/mol. The number of carbonyl (C=O) groups excluding carboxylic acids is 1. The van der Waals surface area contributed by atoms with Crippen molar-refractivity contribution in [2.24, 2.45) is 5.92 Å². The molecular formula is C13H23N3O3. The number of nitrogens with one attached hydrogen (secondary N) is 1. The molecule has 19 heavy (non-hydrogen) atoms.